The number of aromatic nitrogens is 5. The van der Waals surface area contributed by atoms with Gasteiger partial charge < -0.3 is 5.32 Å². The van der Waals surface area contributed by atoms with Crippen molar-refractivity contribution in [1.29, 1.82) is 0 Å². The van der Waals surface area contributed by atoms with Crippen LogP contribution in [-0.4, -0.2) is 37.1 Å². The summed E-state index contributed by atoms with van der Waals surface area (Å²) in [5.41, 5.74) is 0.826. The van der Waals surface area contributed by atoms with Gasteiger partial charge in [0.2, 0.25) is 5.91 Å². The van der Waals surface area contributed by atoms with Gasteiger partial charge in [0.1, 0.15) is 6.54 Å². The van der Waals surface area contributed by atoms with Crippen molar-refractivity contribution in [2.45, 2.75) is 26.4 Å². The lowest BCUT2D eigenvalue weighted by atomic mass is 10.2. The maximum Gasteiger partial charge on any atom is 0.242 e. The SMILES string of the molecule is CC(C)NC(=O)Cn1nnnc1-c1ccncc1. The van der Waals surface area contributed by atoms with Crippen molar-refractivity contribution in [2.75, 3.05) is 0 Å². The van der Waals surface area contributed by atoms with E-state index in [0.717, 1.165) is 5.56 Å². The monoisotopic (exact) mass is 246 g/mol. The first-order chi connectivity index (χ1) is 8.66. The van der Waals surface area contributed by atoms with E-state index in [1.807, 2.05) is 13.8 Å². The van der Waals surface area contributed by atoms with E-state index in [1.54, 1.807) is 24.5 Å². The highest BCUT2D eigenvalue weighted by Gasteiger charge is 2.12. The highest BCUT2D eigenvalue weighted by Crippen LogP contribution is 2.13. The standard InChI is InChI=1S/C11H14N6O/c1-8(2)13-10(18)7-17-11(14-15-16-17)9-3-5-12-6-4-9/h3-6,8H,7H2,1-2H3,(H,13,18). The molecule has 2 aromatic heterocycles. The maximum absolute atomic E-state index is 11.7. The van der Waals surface area contributed by atoms with Crippen molar-refractivity contribution in [3.05, 3.63) is 24.5 Å². The number of carbonyl (C=O) groups excluding carboxylic acids is 1. The molecule has 0 aliphatic heterocycles. The fourth-order valence-corrected chi connectivity index (χ4v) is 1.52. The molecule has 0 saturated heterocycles. The van der Waals surface area contributed by atoms with Gasteiger partial charge in [0.05, 0.1) is 0 Å². The molecule has 0 bridgehead atoms. The Kier molecular flexibility index (Phi) is 3.61. The minimum atomic E-state index is -0.118. The van der Waals surface area contributed by atoms with Crippen LogP contribution in [-0.2, 0) is 11.3 Å². The molecule has 0 unspecified atom stereocenters. The normalized spacial score (nSPS) is 10.6. The molecular weight excluding hydrogens is 232 g/mol. The molecule has 2 rings (SSSR count). The average molecular weight is 246 g/mol. The van der Waals surface area contributed by atoms with Crippen LogP contribution in [0, 0.1) is 0 Å². The molecule has 7 nitrogen and oxygen atoms in total. The Labute approximate surface area is 104 Å². The van der Waals surface area contributed by atoms with E-state index in [4.69, 9.17) is 0 Å². The van der Waals surface area contributed by atoms with E-state index in [2.05, 4.69) is 25.8 Å². The van der Waals surface area contributed by atoms with Gasteiger partial charge in [0, 0.05) is 24.0 Å². The molecule has 1 N–H and O–H groups in total. The number of pyridine rings is 1. The second kappa shape index (κ2) is 5.35. The van der Waals surface area contributed by atoms with Crippen LogP contribution < -0.4 is 5.32 Å². The third kappa shape index (κ3) is 2.88. The summed E-state index contributed by atoms with van der Waals surface area (Å²) in [5.74, 6) is 0.434. The van der Waals surface area contributed by atoms with Crippen molar-refractivity contribution >= 4 is 5.91 Å². The molecule has 94 valence electrons. The van der Waals surface area contributed by atoms with E-state index in [-0.39, 0.29) is 18.5 Å². The highest BCUT2D eigenvalue weighted by molar-refractivity contribution is 5.76. The van der Waals surface area contributed by atoms with Crippen LogP contribution >= 0.6 is 0 Å². The fraction of sp³-hybridized carbons (Fsp3) is 0.364. The number of nitrogens with zero attached hydrogens (tertiary/aromatic N) is 5. The van der Waals surface area contributed by atoms with E-state index in [0.29, 0.717) is 5.82 Å². The number of hydrogen-bond donors (Lipinski definition) is 1. The highest BCUT2D eigenvalue weighted by atomic mass is 16.2. The van der Waals surface area contributed by atoms with Gasteiger partial charge in [-0.05, 0) is 36.4 Å². The number of rotatable bonds is 4. The Morgan fingerprint density at radius 3 is 2.78 bits per heavy atom. The van der Waals surface area contributed by atoms with E-state index in [1.165, 1.54) is 4.68 Å². The Hall–Kier alpha value is -2.31. The fourth-order valence-electron chi connectivity index (χ4n) is 1.52. The summed E-state index contributed by atoms with van der Waals surface area (Å²) < 4.78 is 1.47. The summed E-state index contributed by atoms with van der Waals surface area (Å²) in [6.07, 6.45) is 3.31. The minimum absolute atomic E-state index is 0.0957. The van der Waals surface area contributed by atoms with Gasteiger partial charge in [0.15, 0.2) is 5.82 Å². The first kappa shape index (κ1) is 12.2. The van der Waals surface area contributed by atoms with Crippen molar-refractivity contribution in [3.63, 3.8) is 0 Å². The molecule has 0 saturated carbocycles. The molecule has 1 amide bonds. The van der Waals surface area contributed by atoms with Gasteiger partial charge in [0.25, 0.3) is 0 Å². The summed E-state index contributed by atoms with van der Waals surface area (Å²) in [4.78, 5) is 15.6. The molecule has 7 heteroatoms. The maximum atomic E-state index is 11.7. The molecule has 0 spiro atoms. The molecule has 0 aromatic carbocycles. The third-order valence-corrected chi connectivity index (χ3v) is 2.21. The predicted octanol–water partition coefficient (Wildman–Crippen LogP) is 0.260. The summed E-state index contributed by atoms with van der Waals surface area (Å²) >= 11 is 0. The van der Waals surface area contributed by atoms with Crippen molar-refractivity contribution in [3.8, 4) is 11.4 Å². The van der Waals surface area contributed by atoms with Gasteiger partial charge in [-0.25, -0.2) is 4.68 Å². The van der Waals surface area contributed by atoms with Crippen LogP contribution in [0.4, 0.5) is 0 Å². The zero-order valence-corrected chi connectivity index (χ0v) is 10.2. The molecule has 2 aromatic rings. The van der Waals surface area contributed by atoms with Crippen molar-refractivity contribution in [1.82, 2.24) is 30.5 Å². The van der Waals surface area contributed by atoms with Gasteiger partial charge in [-0.15, -0.1) is 5.10 Å². The van der Waals surface area contributed by atoms with Gasteiger partial charge >= 0.3 is 0 Å². The molecule has 0 fully saturated rings. The molecule has 0 atom stereocenters. The molecule has 18 heavy (non-hydrogen) atoms. The molecule has 0 aliphatic carbocycles. The van der Waals surface area contributed by atoms with Crippen molar-refractivity contribution < 1.29 is 4.79 Å². The first-order valence-corrected chi connectivity index (χ1v) is 5.62. The first-order valence-electron chi connectivity index (χ1n) is 5.62. The Morgan fingerprint density at radius 2 is 2.11 bits per heavy atom. The summed E-state index contributed by atoms with van der Waals surface area (Å²) in [5, 5.41) is 14.1. The number of hydrogen-bond acceptors (Lipinski definition) is 5. The topological polar surface area (TPSA) is 85.6 Å². The van der Waals surface area contributed by atoms with Crippen LogP contribution in [0.1, 0.15) is 13.8 Å². The Morgan fingerprint density at radius 1 is 1.39 bits per heavy atom. The second-order valence-electron chi connectivity index (χ2n) is 4.12. The van der Waals surface area contributed by atoms with Crippen LogP contribution in [0.2, 0.25) is 0 Å². The Balaban J connectivity index is 2.16. The zero-order valence-electron chi connectivity index (χ0n) is 10.2. The van der Waals surface area contributed by atoms with E-state index >= 15 is 0 Å². The average Bonchev–Trinajstić information content (AvgIpc) is 2.77. The van der Waals surface area contributed by atoms with E-state index in [9.17, 15) is 4.79 Å². The number of amides is 1. The summed E-state index contributed by atoms with van der Waals surface area (Å²) in [7, 11) is 0. The Bertz CT molecular complexity index is 521. The van der Waals surface area contributed by atoms with Gasteiger partial charge in [-0.2, -0.15) is 0 Å². The van der Waals surface area contributed by atoms with Crippen LogP contribution in [0.3, 0.4) is 0 Å². The minimum Gasteiger partial charge on any atom is -0.352 e. The zero-order chi connectivity index (χ0) is 13.0. The lowest BCUT2D eigenvalue weighted by Gasteiger charge is -2.08. The molecule has 0 radical (unpaired) electrons. The lowest BCUT2D eigenvalue weighted by molar-refractivity contribution is -0.122. The predicted molar refractivity (Wildman–Crippen MR) is 64.3 cm³/mol. The van der Waals surface area contributed by atoms with E-state index < -0.39 is 0 Å². The number of nitrogens with one attached hydrogen (secondary N) is 1. The van der Waals surface area contributed by atoms with Crippen LogP contribution in [0.15, 0.2) is 24.5 Å². The molecule has 0 aliphatic rings. The smallest absolute Gasteiger partial charge is 0.242 e. The number of tetrazole rings is 1. The summed E-state index contributed by atoms with van der Waals surface area (Å²) in [6, 6.07) is 3.68. The largest absolute Gasteiger partial charge is 0.352 e. The third-order valence-electron chi connectivity index (χ3n) is 2.21. The summed E-state index contributed by atoms with van der Waals surface area (Å²) in [6.45, 7) is 3.91. The molecular formula is C11H14N6O. The lowest BCUT2D eigenvalue weighted by Crippen LogP contribution is -2.33. The second-order valence-corrected chi connectivity index (χ2v) is 4.12. The van der Waals surface area contributed by atoms with Gasteiger partial charge in [-0.3, -0.25) is 9.78 Å². The van der Waals surface area contributed by atoms with Crippen LogP contribution in [0.5, 0.6) is 0 Å². The molecule has 2 heterocycles. The number of carbonyl (C=O) groups is 1. The van der Waals surface area contributed by atoms with Crippen LogP contribution in [0.25, 0.3) is 11.4 Å². The quantitative estimate of drug-likeness (QED) is 0.836. The van der Waals surface area contributed by atoms with Gasteiger partial charge in [-0.1, -0.05) is 0 Å². The van der Waals surface area contributed by atoms with Crippen molar-refractivity contribution in [2.24, 2.45) is 0 Å².